The first-order valence-electron chi connectivity index (χ1n) is 9.62. The molecule has 2 heterocycles. The van der Waals surface area contributed by atoms with Crippen molar-refractivity contribution in [2.75, 3.05) is 20.1 Å². The van der Waals surface area contributed by atoms with E-state index < -0.39 is 5.92 Å². The Kier molecular flexibility index (Phi) is 7.14. The highest BCUT2D eigenvalue weighted by atomic mass is 19.3. The van der Waals surface area contributed by atoms with E-state index in [2.05, 4.69) is 15.4 Å². The van der Waals surface area contributed by atoms with Gasteiger partial charge in [-0.05, 0) is 17.7 Å². The molecular weight excluding hydrogens is 409 g/mol. The average Bonchev–Trinajstić information content (AvgIpc) is 3.10. The van der Waals surface area contributed by atoms with Gasteiger partial charge in [0.25, 0.3) is 5.92 Å². The van der Waals surface area contributed by atoms with Gasteiger partial charge in [0, 0.05) is 63.9 Å². The van der Waals surface area contributed by atoms with Gasteiger partial charge in [0.2, 0.25) is 5.91 Å². The summed E-state index contributed by atoms with van der Waals surface area (Å²) in [6.07, 6.45) is 2.22. The number of aromatic nitrogens is 2. The molecule has 0 atom stereocenters. The van der Waals surface area contributed by atoms with Crippen LogP contribution in [0.15, 0.2) is 46.7 Å². The van der Waals surface area contributed by atoms with Crippen molar-refractivity contribution in [1.82, 2.24) is 20.0 Å². The molecule has 31 heavy (non-hydrogen) atoms. The zero-order valence-corrected chi connectivity index (χ0v) is 17.9. The molecule has 0 fully saturated rings. The van der Waals surface area contributed by atoms with Gasteiger partial charge in [-0.25, -0.2) is 4.99 Å². The van der Waals surface area contributed by atoms with E-state index in [0.29, 0.717) is 36.3 Å². The number of nitrogens with two attached hydrogens (primary N) is 1. The van der Waals surface area contributed by atoms with Crippen LogP contribution in [0.4, 0.5) is 19.2 Å². The van der Waals surface area contributed by atoms with E-state index in [1.807, 2.05) is 7.05 Å². The van der Waals surface area contributed by atoms with Crippen molar-refractivity contribution in [2.45, 2.75) is 26.2 Å². The molecule has 1 aliphatic rings. The number of amides is 1. The first-order chi connectivity index (χ1) is 14.1. The van der Waals surface area contributed by atoms with Crippen LogP contribution < -0.4 is 11.1 Å². The summed E-state index contributed by atoms with van der Waals surface area (Å²) >= 11 is 0. The highest BCUT2D eigenvalue weighted by Gasteiger charge is 2.31. The van der Waals surface area contributed by atoms with Crippen molar-refractivity contribution in [3.63, 3.8) is 0 Å². The van der Waals surface area contributed by atoms with Gasteiger partial charge < -0.3 is 16.0 Å². The lowest BCUT2D eigenvalue weighted by Gasteiger charge is -2.29. The summed E-state index contributed by atoms with van der Waals surface area (Å²) in [6.45, 7) is 3.34. The van der Waals surface area contributed by atoms with E-state index in [1.165, 1.54) is 11.6 Å². The number of rotatable bonds is 5. The molecule has 7 nitrogen and oxygen atoms in total. The van der Waals surface area contributed by atoms with Gasteiger partial charge in [-0.15, -0.1) is 0 Å². The van der Waals surface area contributed by atoms with Crippen LogP contribution in [0.5, 0.6) is 0 Å². The van der Waals surface area contributed by atoms with Crippen LogP contribution in [-0.4, -0.2) is 46.6 Å². The number of aliphatic imine (C=N–C) groups is 1. The molecule has 0 bridgehead atoms. The minimum absolute atomic E-state index is 0. The zero-order valence-electron chi connectivity index (χ0n) is 17.9. The molecule has 1 aromatic heterocycles. The number of amidine groups is 1. The fourth-order valence-corrected chi connectivity index (χ4v) is 3.52. The highest BCUT2D eigenvalue weighted by molar-refractivity contribution is 6.00. The molecule has 1 aromatic carbocycles. The molecule has 168 valence electrons. The van der Waals surface area contributed by atoms with E-state index in [1.54, 1.807) is 42.4 Å². The Morgan fingerprint density at radius 3 is 2.68 bits per heavy atom. The lowest BCUT2D eigenvalue weighted by atomic mass is 10.0. The Morgan fingerprint density at radius 1 is 1.35 bits per heavy atom. The Morgan fingerprint density at radius 2 is 2.06 bits per heavy atom. The summed E-state index contributed by atoms with van der Waals surface area (Å²) in [5.41, 5.74) is 9.13. The summed E-state index contributed by atoms with van der Waals surface area (Å²) in [5, 5.41) is 7.05. The number of aryl methyl sites for hydroxylation is 1. The predicted molar refractivity (Wildman–Crippen MR) is 115 cm³/mol. The van der Waals surface area contributed by atoms with Gasteiger partial charge in [0.05, 0.1) is 12.2 Å². The second kappa shape index (κ2) is 9.23. The maximum absolute atomic E-state index is 14.0. The van der Waals surface area contributed by atoms with Gasteiger partial charge in [0.1, 0.15) is 11.5 Å². The Bertz CT molecular complexity index is 1020. The molecule has 1 aliphatic heterocycles. The highest BCUT2D eigenvalue weighted by Crippen LogP contribution is 2.35. The zero-order chi connectivity index (χ0) is 22.1. The van der Waals surface area contributed by atoms with Crippen LogP contribution in [0.2, 0.25) is 0 Å². The van der Waals surface area contributed by atoms with Crippen LogP contribution >= 0.6 is 0 Å². The van der Waals surface area contributed by atoms with Crippen LogP contribution in [0.3, 0.4) is 0 Å². The van der Waals surface area contributed by atoms with Crippen molar-refractivity contribution in [3.8, 4) is 11.1 Å². The van der Waals surface area contributed by atoms with Crippen molar-refractivity contribution < 1.29 is 18.3 Å². The summed E-state index contributed by atoms with van der Waals surface area (Å²) in [5.74, 6) is -2.81. The monoisotopic (exact) mass is 436 g/mol. The molecule has 0 aliphatic carbocycles. The lowest BCUT2D eigenvalue weighted by Crippen LogP contribution is -2.40. The van der Waals surface area contributed by atoms with E-state index >= 15 is 0 Å². The van der Waals surface area contributed by atoms with Gasteiger partial charge in [-0.1, -0.05) is 12.1 Å². The van der Waals surface area contributed by atoms with E-state index in [9.17, 15) is 13.6 Å². The first kappa shape index (κ1) is 24.0. The quantitative estimate of drug-likeness (QED) is 0.557. The molecule has 10 heteroatoms. The molecule has 0 saturated heterocycles. The molecule has 0 saturated carbocycles. The largest absolute Gasteiger partial charge is 0.391 e. The smallest absolute Gasteiger partial charge is 0.289 e. The number of hydrogen-bond acceptors (Lipinski definition) is 4. The fraction of sp³-hybridized carbons (Fsp3) is 0.381. The molecule has 0 unspecified atom stereocenters. The van der Waals surface area contributed by atoms with Crippen LogP contribution in [0.1, 0.15) is 26.0 Å². The molecule has 0 spiro atoms. The lowest BCUT2D eigenvalue weighted by molar-refractivity contribution is -0.128. The Hall–Kier alpha value is -3.30. The number of nitrogens with one attached hydrogen (secondary N) is 1. The van der Waals surface area contributed by atoms with Crippen LogP contribution in [0.25, 0.3) is 11.1 Å². The van der Waals surface area contributed by atoms with Crippen molar-refractivity contribution in [1.29, 1.82) is 0 Å². The van der Waals surface area contributed by atoms with Crippen molar-refractivity contribution in [3.05, 3.63) is 47.4 Å². The number of alkyl halides is 2. The van der Waals surface area contributed by atoms with Gasteiger partial charge in [-0.2, -0.15) is 13.9 Å². The minimum atomic E-state index is -3.07. The first-order valence-corrected chi connectivity index (χ1v) is 9.62. The SMILES string of the molecule is CNC1=C(C(N)=Nc2cccc(-c3cn(C)nc3C(C)(F)F)c2)CN(C(C)=O)CC1.F. The number of halogens is 3. The normalized spacial score (nSPS) is 15.0. The third-order valence-electron chi connectivity index (χ3n) is 5.05. The number of nitrogens with zero attached hydrogens (tertiary/aromatic N) is 4. The maximum Gasteiger partial charge on any atom is 0.289 e. The number of carbonyl (C=O) groups is 1. The third-order valence-corrected chi connectivity index (χ3v) is 5.05. The van der Waals surface area contributed by atoms with E-state index in [0.717, 1.165) is 18.2 Å². The number of carbonyl (C=O) groups excluding carboxylic acids is 1. The number of hydrogen-bond donors (Lipinski definition) is 2. The number of benzene rings is 1. The average molecular weight is 436 g/mol. The topological polar surface area (TPSA) is 88.5 Å². The standard InChI is InChI=1S/C21H26F2N6O.FH/c1-13(30)29-9-8-18(25-3)17(12-29)20(24)26-15-7-5-6-14(10-15)16-11-28(4)27-19(16)21(2,22)23;/h5-7,10-11,25H,8-9,12H2,1-4H3,(H2,24,26);1H. The summed E-state index contributed by atoms with van der Waals surface area (Å²) in [4.78, 5) is 18.0. The van der Waals surface area contributed by atoms with Crippen LogP contribution in [0, 0.1) is 0 Å². The molecule has 2 aromatic rings. The Labute approximate surface area is 179 Å². The second-order valence-electron chi connectivity index (χ2n) is 7.40. The molecule has 3 rings (SSSR count). The fourth-order valence-electron chi connectivity index (χ4n) is 3.52. The third kappa shape index (κ3) is 5.25. The summed E-state index contributed by atoms with van der Waals surface area (Å²) in [6, 6.07) is 6.92. The Balaban J connectivity index is 0.00000341. The van der Waals surface area contributed by atoms with Gasteiger partial charge in [0.15, 0.2) is 0 Å². The molecule has 3 N–H and O–H groups in total. The van der Waals surface area contributed by atoms with Gasteiger partial charge in [-0.3, -0.25) is 14.2 Å². The van der Waals surface area contributed by atoms with Gasteiger partial charge >= 0.3 is 0 Å². The molecule has 0 radical (unpaired) electrons. The predicted octanol–water partition coefficient (Wildman–Crippen LogP) is 3.07. The van der Waals surface area contributed by atoms with E-state index in [4.69, 9.17) is 5.73 Å². The van der Waals surface area contributed by atoms with Crippen molar-refractivity contribution in [2.24, 2.45) is 17.8 Å². The van der Waals surface area contributed by atoms with Crippen molar-refractivity contribution >= 4 is 17.4 Å². The summed E-state index contributed by atoms with van der Waals surface area (Å²) in [7, 11) is 3.41. The minimum Gasteiger partial charge on any atom is -0.391 e. The molecule has 1 amide bonds. The maximum atomic E-state index is 14.0. The molecular formula is C21H27F3N6O. The van der Waals surface area contributed by atoms with Crippen LogP contribution in [-0.2, 0) is 17.8 Å². The summed E-state index contributed by atoms with van der Waals surface area (Å²) < 4.78 is 29.3. The second-order valence-corrected chi connectivity index (χ2v) is 7.40. The van der Waals surface area contributed by atoms with E-state index in [-0.39, 0.29) is 22.1 Å².